The third-order valence-electron chi connectivity index (χ3n) is 5.40. The van der Waals surface area contributed by atoms with Crippen LogP contribution in [0.2, 0.25) is 0 Å². The summed E-state index contributed by atoms with van der Waals surface area (Å²) in [4.78, 5) is 4.85. The summed E-state index contributed by atoms with van der Waals surface area (Å²) in [6.45, 7) is 11.6. The molecule has 0 amide bonds. The van der Waals surface area contributed by atoms with Gasteiger partial charge in [-0.3, -0.25) is 9.80 Å². The molecule has 2 aliphatic heterocycles. The summed E-state index contributed by atoms with van der Waals surface area (Å²) >= 11 is 0. The van der Waals surface area contributed by atoms with E-state index in [2.05, 4.69) is 55.0 Å². The van der Waals surface area contributed by atoms with Crippen molar-refractivity contribution < 1.29 is 14.2 Å². The first-order valence-electron chi connectivity index (χ1n) is 9.88. The molecule has 3 rings (SSSR count). The van der Waals surface area contributed by atoms with Crippen LogP contribution in [0.15, 0.2) is 24.3 Å². The predicted molar refractivity (Wildman–Crippen MR) is 104 cm³/mol. The zero-order chi connectivity index (χ0) is 18.4. The van der Waals surface area contributed by atoms with E-state index in [-0.39, 0.29) is 5.60 Å². The van der Waals surface area contributed by atoms with Gasteiger partial charge < -0.3 is 14.2 Å². The molecule has 2 saturated heterocycles. The molecule has 0 saturated carbocycles. The first-order chi connectivity index (χ1) is 12.5. The highest BCUT2D eigenvalue weighted by molar-refractivity contribution is 5.28. The first-order valence-corrected chi connectivity index (χ1v) is 9.88. The average molecular weight is 363 g/mol. The van der Waals surface area contributed by atoms with Crippen LogP contribution in [0, 0.1) is 0 Å². The summed E-state index contributed by atoms with van der Waals surface area (Å²) in [5.74, 6) is 0.969. The van der Waals surface area contributed by atoms with Crippen LogP contribution in [0.3, 0.4) is 0 Å². The SMILES string of the molecule is CN(Cc1cccc(OCCN2CCOCC2)c1)[C@H]1CCOC(C)(C)C1. The highest BCUT2D eigenvalue weighted by Gasteiger charge is 2.30. The maximum Gasteiger partial charge on any atom is 0.119 e. The maximum atomic E-state index is 5.99. The van der Waals surface area contributed by atoms with E-state index in [0.29, 0.717) is 6.04 Å². The molecule has 146 valence electrons. The van der Waals surface area contributed by atoms with Crippen molar-refractivity contribution in [2.45, 2.75) is 44.9 Å². The Balaban J connectivity index is 1.47. The summed E-state index contributed by atoms with van der Waals surface area (Å²) in [6.07, 6.45) is 2.19. The van der Waals surface area contributed by atoms with Gasteiger partial charge >= 0.3 is 0 Å². The molecule has 0 radical (unpaired) electrons. The molecule has 0 N–H and O–H groups in total. The second-order valence-electron chi connectivity index (χ2n) is 8.12. The van der Waals surface area contributed by atoms with Gasteiger partial charge in [-0.2, -0.15) is 0 Å². The van der Waals surface area contributed by atoms with E-state index >= 15 is 0 Å². The first kappa shape index (κ1) is 19.6. The monoisotopic (exact) mass is 362 g/mol. The summed E-state index contributed by atoms with van der Waals surface area (Å²) in [6, 6.07) is 9.10. The van der Waals surface area contributed by atoms with Gasteiger partial charge in [0.05, 0.1) is 18.8 Å². The fraction of sp³-hybridized carbons (Fsp3) is 0.714. The van der Waals surface area contributed by atoms with Gasteiger partial charge in [0.2, 0.25) is 0 Å². The van der Waals surface area contributed by atoms with Gasteiger partial charge in [0, 0.05) is 38.8 Å². The normalized spacial score (nSPS) is 23.9. The van der Waals surface area contributed by atoms with E-state index in [1.807, 2.05) is 0 Å². The van der Waals surface area contributed by atoms with E-state index < -0.39 is 0 Å². The summed E-state index contributed by atoms with van der Waals surface area (Å²) < 4.78 is 17.2. The van der Waals surface area contributed by atoms with Crippen molar-refractivity contribution in [3.05, 3.63) is 29.8 Å². The van der Waals surface area contributed by atoms with Crippen LogP contribution in [0.25, 0.3) is 0 Å². The van der Waals surface area contributed by atoms with E-state index in [9.17, 15) is 0 Å². The number of morpholine rings is 1. The molecule has 1 aromatic carbocycles. The van der Waals surface area contributed by atoms with Crippen molar-refractivity contribution >= 4 is 0 Å². The Morgan fingerprint density at radius 1 is 1.23 bits per heavy atom. The van der Waals surface area contributed by atoms with E-state index in [0.717, 1.165) is 71.2 Å². The molecule has 0 aliphatic carbocycles. The third-order valence-corrected chi connectivity index (χ3v) is 5.40. The number of nitrogens with zero attached hydrogens (tertiary/aromatic N) is 2. The lowest BCUT2D eigenvalue weighted by molar-refractivity contribution is -0.0809. The van der Waals surface area contributed by atoms with E-state index in [4.69, 9.17) is 14.2 Å². The van der Waals surface area contributed by atoms with Crippen molar-refractivity contribution in [1.82, 2.24) is 9.80 Å². The van der Waals surface area contributed by atoms with Crippen molar-refractivity contribution in [3.63, 3.8) is 0 Å². The Morgan fingerprint density at radius 3 is 2.81 bits per heavy atom. The lowest BCUT2D eigenvalue weighted by Crippen LogP contribution is -2.44. The molecular formula is C21H34N2O3. The summed E-state index contributed by atoms with van der Waals surface area (Å²) in [5.41, 5.74) is 1.29. The Bertz CT molecular complexity index is 558. The van der Waals surface area contributed by atoms with Crippen molar-refractivity contribution in [1.29, 1.82) is 0 Å². The van der Waals surface area contributed by atoms with E-state index in [1.54, 1.807) is 0 Å². The third kappa shape index (κ3) is 5.95. The molecule has 5 heteroatoms. The van der Waals surface area contributed by atoms with Crippen LogP contribution in [0.5, 0.6) is 5.75 Å². The molecule has 0 bridgehead atoms. The fourth-order valence-corrected chi connectivity index (χ4v) is 3.84. The Kier molecular flexibility index (Phi) is 6.92. The minimum Gasteiger partial charge on any atom is -0.492 e. The minimum atomic E-state index is -0.0123. The second-order valence-corrected chi connectivity index (χ2v) is 8.12. The van der Waals surface area contributed by atoms with Crippen LogP contribution in [-0.4, -0.2) is 74.6 Å². The lowest BCUT2D eigenvalue weighted by atomic mass is 9.93. The average Bonchev–Trinajstić information content (AvgIpc) is 2.62. The number of hydrogen-bond donors (Lipinski definition) is 0. The number of hydrogen-bond acceptors (Lipinski definition) is 5. The zero-order valence-corrected chi connectivity index (χ0v) is 16.6. The number of benzene rings is 1. The highest BCUT2D eigenvalue weighted by Crippen LogP contribution is 2.27. The van der Waals surface area contributed by atoms with Crippen molar-refractivity contribution in [2.24, 2.45) is 0 Å². The van der Waals surface area contributed by atoms with Crippen molar-refractivity contribution in [3.8, 4) is 5.75 Å². The number of ether oxygens (including phenoxy) is 3. The molecule has 0 unspecified atom stereocenters. The molecule has 2 aliphatic rings. The fourth-order valence-electron chi connectivity index (χ4n) is 3.84. The van der Waals surface area contributed by atoms with Crippen LogP contribution in [0.4, 0.5) is 0 Å². The van der Waals surface area contributed by atoms with E-state index in [1.165, 1.54) is 5.56 Å². The van der Waals surface area contributed by atoms with Crippen LogP contribution in [-0.2, 0) is 16.0 Å². The summed E-state index contributed by atoms with van der Waals surface area (Å²) in [7, 11) is 2.22. The molecule has 5 nitrogen and oxygen atoms in total. The number of rotatable bonds is 7. The topological polar surface area (TPSA) is 34.2 Å². The van der Waals surface area contributed by atoms with Gasteiger partial charge in [0.1, 0.15) is 12.4 Å². The standard InChI is InChI=1S/C21H34N2O3/c1-21(2)16-19(7-11-26-21)22(3)17-18-5-4-6-20(15-18)25-14-10-23-8-12-24-13-9-23/h4-6,15,19H,7-14,16-17H2,1-3H3/t19-/m0/s1. The Hall–Kier alpha value is -1.14. The largest absolute Gasteiger partial charge is 0.492 e. The molecule has 1 atom stereocenters. The van der Waals surface area contributed by atoms with Gasteiger partial charge in [0.25, 0.3) is 0 Å². The molecule has 1 aromatic rings. The van der Waals surface area contributed by atoms with Crippen LogP contribution in [0.1, 0.15) is 32.3 Å². The van der Waals surface area contributed by atoms with Gasteiger partial charge in [0.15, 0.2) is 0 Å². The molecule has 0 spiro atoms. The van der Waals surface area contributed by atoms with Crippen molar-refractivity contribution in [2.75, 3.05) is 53.1 Å². The smallest absolute Gasteiger partial charge is 0.119 e. The molecular weight excluding hydrogens is 328 g/mol. The second kappa shape index (κ2) is 9.18. The predicted octanol–water partition coefficient (Wildman–Crippen LogP) is 2.79. The van der Waals surface area contributed by atoms with Gasteiger partial charge in [-0.05, 0) is 51.4 Å². The molecule has 2 fully saturated rings. The molecule has 2 heterocycles. The minimum absolute atomic E-state index is 0.0123. The van der Waals surface area contributed by atoms with Gasteiger partial charge in [-0.25, -0.2) is 0 Å². The molecule has 0 aromatic heterocycles. The Labute approximate surface area is 158 Å². The Morgan fingerprint density at radius 2 is 2.04 bits per heavy atom. The zero-order valence-electron chi connectivity index (χ0n) is 16.6. The van der Waals surface area contributed by atoms with Gasteiger partial charge in [-0.1, -0.05) is 12.1 Å². The quantitative estimate of drug-likeness (QED) is 0.745. The maximum absolute atomic E-state index is 5.99. The lowest BCUT2D eigenvalue weighted by Gasteiger charge is -2.39. The summed E-state index contributed by atoms with van der Waals surface area (Å²) in [5, 5.41) is 0. The highest BCUT2D eigenvalue weighted by atomic mass is 16.5. The van der Waals surface area contributed by atoms with Crippen LogP contribution < -0.4 is 4.74 Å². The van der Waals surface area contributed by atoms with Gasteiger partial charge in [-0.15, -0.1) is 0 Å². The molecule has 26 heavy (non-hydrogen) atoms. The van der Waals surface area contributed by atoms with Crippen LogP contribution >= 0.6 is 0 Å².